The summed E-state index contributed by atoms with van der Waals surface area (Å²) in [6, 6.07) is 7.45. The lowest BCUT2D eigenvalue weighted by Crippen LogP contribution is -2.37. The molecule has 0 aromatic heterocycles. The lowest BCUT2D eigenvalue weighted by molar-refractivity contribution is 0.315. The average molecular weight is 437 g/mol. The number of nitrogens with two attached hydrogens (primary N) is 1. The van der Waals surface area contributed by atoms with Crippen molar-refractivity contribution in [2.75, 3.05) is 12.8 Å². The minimum atomic E-state index is -3.01. The van der Waals surface area contributed by atoms with Crippen LogP contribution in [0.5, 0.6) is 0 Å². The molecule has 0 aliphatic heterocycles. The van der Waals surface area contributed by atoms with Gasteiger partial charge in [-0.25, -0.2) is 13.4 Å². The second-order valence-corrected chi connectivity index (χ2v) is 7.91. The molecule has 1 aromatic rings. The van der Waals surface area contributed by atoms with Gasteiger partial charge in [0.1, 0.15) is 0 Å². The van der Waals surface area contributed by atoms with Crippen molar-refractivity contribution in [1.29, 1.82) is 0 Å². The highest BCUT2D eigenvalue weighted by Crippen LogP contribution is 2.24. The highest BCUT2D eigenvalue weighted by atomic mass is 127. The van der Waals surface area contributed by atoms with Crippen molar-refractivity contribution in [3.05, 3.63) is 35.4 Å². The van der Waals surface area contributed by atoms with Gasteiger partial charge in [-0.3, -0.25) is 0 Å². The van der Waals surface area contributed by atoms with Crippen LogP contribution in [0.25, 0.3) is 0 Å². The van der Waals surface area contributed by atoms with E-state index in [0.717, 1.165) is 23.6 Å². The van der Waals surface area contributed by atoms with Crippen molar-refractivity contribution in [1.82, 2.24) is 5.32 Å². The predicted molar refractivity (Wildman–Crippen MR) is 101 cm³/mol. The van der Waals surface area contributed by atoms with E-state index in [2.05, 4.69) is 10.3 Å². The quantitative estimate of drug-likeness (QED) is 0.406. The van der Waals surface area contributed by atoms with Gasteiger partial charge in [-0.15, -0.1) is 24.0 Å². The summed E-state index contributed by atoms with van der Waals surface area (Å²) in [6.45, 7) is 1.35. The van der Waals surface area contributed by atoms with Crippen molar-refractivity contribution in [2.45, 2.75) is 31.6 Å². The lowest BCUT2D eigenvalue weighted by atomic mass is 9.85. The molecule has 7 heteroatoms. The molecule has 2 rings (SSSR count). The van der Waals surface area contributed by atoms with Crippen molar-refractivity contribution in [2.24, 2.45) is 16.6 Å². The number of benzene rings is 1. The maximum absolute atomic E-state index is 11.3. The van der Waals surface area contributed by atoms with E-state index >= 15 is 0 Å². The summed E-state index contributed by atoms with van der Waals surface area (Å²) in [5, 5.41) is 3.14. The predicted octanol–water partition coefficient (Wildman–Crippen LogP) is 2.05. The van der Waals surface area contributed by atoms with E-state index in [9.17, 15) is 8.42 Å². The van der Waals surface area contributed by atoms with Gasteiger partial charge < -0.3 is 11.1 Å². The number of guanidine groups is 1. The first-order valence-electron chi connectivity index (χ1n) is 7.22. The Morgan fingerprint density at radius 3 is 2.64 bits per heavy atom. The molecule has 0 unspecified atom stereocenters. The molecule has 1 saturated carbocycles. The molecule has 1 aliphatic carbocycles. The fraction of sp³-hybridized carbons (Fsp3) is 0.533. The summed E-state index contributed by atoms with van der Waals surface area (Å²) < 4.78 is 22.6. The normalized spacial score (nSPS) is 15.8. The standard InChI is InChI=1S/C15H23N3O2S.HI/c1-21(19,20)11-14-7-3-6-13(8-14)10-18-15(16)17-9-12-4-2-5-12;/h3,6-8,12H,2,4-5,9-11H2,1H3,(H3,16,17,18);1H. The van der Waals surface area contributed by atoms with Gasteiger partial charge in [0, 0.05) is 12.8 Å². The van der Waals surface area contributed by atoms with Crippen LogP contribution in [0.4, 0.5) is 0 Å². The zero-order valence-corrected chi connectivity index (χ0v) is 15.9. The first-order chi connectivity index (χ1) is 9.92. The maximum atomic E-state index is 11.3. The Balaban J connectivity index is 0.00000242. The summed E-state index contributed by atoms with van der Waals surface area (Å²) in [5.74, 6) is 1.24. The molecule has 0 spiro atoms. The lowest BCUT2D eigenvalue weighted by Gasteiger charge is -2.25. The average Bonchev–Trinajstić information content (AvgIpc) is 2.33. The van der Waals surface area contributed by atoms with Gasteiger partial charge in [0.25, 0.3) is 0 Å². The number of halogens is 1. The van der Waals surface area contributed by atoms with Crippen molar-refractivity contribution in [3.63, 3.8) is 0 Å². The molecule has 22 heavy (non-hydrogen) atoms. The molecule has 1 aliphatic rings. The zero-order valence-electron chi connectivity index (χ0n) is 12.8. The smallest absolute Gasteiger partial charge is 0.188 e. The number of rotatable bonds is 6. The van der Waals surface area contributed by atoms with E-state index in [1.165, 1.54) is 25.5 Å². The van der Waals surface area contributed by atoms with E-state index < -0.39 is 9.84 Å². The van der Waals surface area contributed by atoms with Crippen LogP contribution in [0.2, 0.25) is 0 Å². The third kappa shape index (κ3) is 6.95. The molecule has 0 amide bonds. The van der Waals surface area contributed by atoms with Gasteiger partial charge in [-0.1, -0.05) is 30.7 Å². The van der Waals surface area contributed by atoms with Crippen molar-refractivity contribution < 1.29 is 8.42 Å². The molecule has 5 nitrogen and oxygen atoms in total. The summed E-state index contributed by atoms with van der Waals surface area (Å²) in [6.07, 6.45) is 5.10. The monoisotopic (exact) mass is 437 g/mol. The maximum Gasteiger partial charge on any atom is 0.188 e. The Morgan fingerprint density at radius 1 is 1.36 bits per heavy atom. The van der Waals surface area contributed by atoms with Gasteiger partial charge >= 0.3 is 0 Å². The molecule has 0 radical (unpaired) electrons. The molecular weight excluding hydrogens is 413 g/mol. The second-order valence-electron chi connectivity index (χ2n) is 5.77. The second kappa shape index (κ2) is 8.71. The Labute approximate surface area is 149 Å². The highest BCUT2D eigenvalue weighted by molar-refractivity contribution is 14.0. The summed E-state index contributed by atoms with van der Waals surface area (Å²) >= 11 is 0. The van der Waals surface area contributed by atoms with Crippen LogP contribution in [-0.4, -0.2) is 27.2 Å². The first-order valence-corrected chi connectivity index (χ1v) is 9.28. The number of nitrogens with one attached hydrogen (secondary N) is 1. The molecule has 124 valence electrons. The Kier molecular flexibility index (Phi) is 7.61. The first kappa shape index (κ1) is 19.2. The highest BCUT2D eigenvalue weighted by Gasteiger charge is 2.16. The van der Waals surface area contributed by atoms with E-state index in [1.807, 2.05) is 24.3 Å². The minimum Gasteiger partial charge on any atom is -0.370 e. The number of aliphatic imine (C=N–C) groups is 1. The molecule has 0 atom stereocenters. The number of hydrogen-bond donors (Lipinski definition) is 2. The summed E-state index contributed by atoms with van der Waals surface area (Å²) in [4.78, 5) is 4.30. The minimum absolute atomic E-state index is 0. The molecule has 1 aromatic carbocycles. The van der Waals surface area contributed by atoms with E-state index in [1.54, 1.807) is 0 Å². The Bertz CT molecular complexity index is 613. The van der Waals surface area contributed by atoms with Gasteiger partial charge in [-0.05, 0) is 29.9 Å². The molecule has 0 saturated heterocycles. The summed E-state index contributed by atoms with van der Waals surface area (Å²) in [5.41, 5.74) is 7.58. The van der Waals surface area contributed by atoms with Gasteiger partial charge in [0.2, 0.25) is 0 Å². The van der Waals surface area contributed by atoms with E-state index in [4.69, 9.17) is 5.73 Å². The van der Waals surface area contributed by atoms with E-state index in [0.29, 0.717) is 12.5 Å². The van der Waals surface area contributed by atoms with Gasteiger partial charge in [-0.2, -0.15) is 0 Å². The van der Waals surface area contributed by atoms with Crippen LogP contribution >= 0.6 is 24.0 Å². The molecule has 0 heterocycles. The number of sulfone groups is 1. The third-order valence-corrected chi connectivity index (χ3v) is 4.51. The van der Waals surface area contributed by atoms with Crippen molar-refractivity contribution in [3.8, 4) is 0 Å². The Hall–Kier alpha value is -0.830. The fourth-order valence-electron chi connectivity index (χ4n) is 2.30. The molecular formula is C15H24IN3O2S. The molecule has 1 fully saturated rings. The van der Waals surface area contributed by atoms with Crippen LogP contribution in [-0.2, 0) is 22.1 Å². The van der Waals surface area contributed by atoms with Gasteiger partial charge in [0.15, 0.2) is 15.8 Å². The SMILES string of the molecule is CS(=O)(=O)Cc1cccc(CN=C(N)NCC2CCC2)c1.I. The molecule has 0 bridgehead atoms. The largest absolute Gasteiger partial charge is 0.370 e. The number of nitrogens with zero attached hydrogens (tertiary/aromatic N) is 1. The third-order valence-electron chi connectivity index (χ3n) is 3.65. The van der Waals surface area contributed by atoms with Crippen LogP contribution in [0, 0.1) is 5.92 Å². The van der Waals surface area contributed by atoms with Crippen LogP contribution < -0.4 is 11.1 Å². The van der Waals surface area contributed by atoms with Gasteiger partial charge in [0.05, 0.1) is 12.3 Å². The summed E-state index contributed by atoms with van der Waals surface area (Å²) in [7, 11) is -3.01. The molecule has 3 N–H and O–H groups in total. The zero-order chi connectivity index (χ0) is 15.3. The topological polar surface area (TPSA) is 84.5 Å². The fourth-order valence-corrected chi connectivity index (χ4v) is 3.08. The van der Waals surface area contributed by atoms with E-state index in [-0.39, 0.29) is 29.7 Å². The number of hydrogen-bond acceptors (Lipinski definition) is 3. The van der Waals surface area contributed by atoms with Crippen molar-refractivity contribution >= 4 is 39.8 Å². The van der Waals surface area contributed by atoms with Crippen LogP contribution in [0.1, 0.15) is 30.4 Å². The van der Waals surface area contributed by atoms with Crippen LogP contribution in [0.15, 0.2) is 29.3 Å². The van der Waals surface area contributed by atoms with Crippen LogP contribution in [0.3, 0.4) is 0 Å². The Morgan fingerprint density at radius 2 is 2.05 bits per heavy atom.